The van der Waals surface area contributed by atoms with Crippen molar-refractivity contribution < 1.29 is 14.1 Å². The lowest BCUT2D eigenvalue weighted by Gasteiger charge is -2.03. The second-order valence-corrected chi connectivity index (χ2v) is 5.23. The average molecular weight is 332 g/mol. The molecule has 23 heavy (non-hydrogen) atoms. The zero-order valence-electron chi connectivity index (χ0n) is 11.9. The number of nitro groups is 1. The number of furan rings is 1. The summed E-state index contributed by atoms with van der Waals surface area (Å²) in [6, 6.07) is 7.97. The molecule has 0 atom stereocenters. The van der Waals surface area contributed by atoms with Gasteiger partial charge < -0.3 is 4.42 Å². The number of rotatable bonds is 4. The van der Waals surface area contributed by atoms with Crippen LogP contribution in [0.15, 0.2) is 40.9 Å². The zero-order chi connectivity index (χ0) is 16.6. The summed E-state index contributed by atoms with van der Waals surface area (Å²) in [6.45, 7) is 1.87. The van der Waals surface area contributed by atoms with Crippen molar-refractivity contribution in [2.75, 3.05) is 0 Å². The predicted octanol–water partition coefficient (Wildman–Crippen LogP) is 3.81. The summed E-state index contributed by atoms with van der Waals surface area (Å²) in [6.07, 6.45) is 2.13. The van der Waals surface area contributed by atoms with Gasteiger partial charge >= 0.3 is 5.88 Å². The van der Waals surface area contributed by atoms with Gasteiger partial charge in [-0.05, 0) is 30.7 Å². The van der Waals surface area contributed by atoms with Gasteiger partial charge in [0.15, 0.2) is 12.0 Å². The first-order valence-electron chi connectivity index (χ1n) is 6.55. The smallest absolute Gasteiger partial charge is 0.399 e. The molecule has 0 fully saturated rings. The number of aromatic nitrogens is 2. The van der Waals surface area contributed by atoms with Gasteiger partial charge in [0.25, 0.3) is 0 Å². The standard InChI is InChI=1S/C15H10ClN3O4/c1-9-2-3-11(6-12(9)16)18-7-10(8-20)15(17-18)13-4-5-14(23-13)19(21)22/h2-8H,1H3. The molecule has 0 radical (unpaired) electrons. The molecule has 0 N–H and O–H groups in total. The molecule has 0 aliphatic heterocycles. The first kappa shape index (κ1) is 15.0. The Hall–Kier alpha value is -2.93. The van der Waals surface area contributed by atoms with Gasteiger partial charge in [-0.25, -0.2) is 4.68 Å². The third-order valence-electron chi connectivity index (χ3n) is 3.29. The van der Waals surface area contributed by atoms with E-state index in [9.17, 15) is 14.9 Å². The van der Waals surface area contributed by atoms with Crippen molar-refractivity contribution in [3.63, 3.8) is 0 Å². The lowest BCUT2D eigenvalue weighted by atomic mass is 10.2. The fraction of sp³-hybridized carbons (Fsp3) is 0.0667. The summed E-state index contributed by atoms with van der Waals surface area (Å²) in [7, 11) is 0. The Morgan fingerprint density at radius 3 is 2.74 bits per heavy atom. The van der Waals surface area contributed by atoms with E-state index in [0.29, 0.717) is 17.0 Å². The molecule has 0 saturated heterocycles. The molecule has 0 aliphatic carbocycles. The Kier molecular flexibility index (Phi) is 3.71. The summed E-state index contributed by atoms with van der Waals surface area (Å²) >= 11 is 6.10. The summed E-state index contributed by atoms with van der Waals surface area (Å²) < 4.78 is 6.58. The minimum Gasteiger partial charge on any atom is -0.399 e. The summed E-state index contributed by atoms with van der Waals surface area (Å²) in [5.41, 5.74) is 2.06. The van der Waals surface area contributed by atoms with E-state index in [4.69, 9.17) is 16.0 Å². The highest BCUT2D eigenvalue weighted by Gasteiger charge is 2.19. The lowest BCUT2D eigenvalue weighted by molar-refractivity contribution is -0.401. The second kappa shape index (κ2) is 5.69. The van der Waals surface area contributed by atoms with Crippen molar-refractivity contribution in [2.24, 2.45) is 0 Å². The molecule has 2 heterocycles. The maximum Gasteiger partial charge on any atom is 0.433 e. The predicted molar refractivity (Wildman–Crippen MR) is 83.1 cm³/mol. The number of benzene rings is 1. The van der Waals surface area contributed by atoms with Crippen LogP contribution in [0.25, 0.3) is 17.1 Å². The lowest BCUT2D eigenvalue weighted by Crippen LogP contribution is -1.95. The molecular weight excluding hydrogens is 322 g/mol. The maximum absolute atomic E-state index is 11.3. The van der Waals surface area contributed by atoms with E-state index in [1.807, 2.05) is 13.0 Å². The Morgan fingerprint density at radius 2 is 2.13 bits per heavy atom. The Bertz CT molecular complexity index is 913. The first-order valence-corrected chi connectivity index (χ1v) is 6.93. The van der Waals surface area contributed by atoms with Gasteiger partial charge in [0, 0.05) is 11.2 Å². The summed E-state index contributed by atoms with van der Waals surface area (Å²) in [5, 5.41) is 15.5. The number of halogens is 1. The van der Waals surface area contributed by atoms with E-state index in [1.165, 1.54) is 23.0 Å². The van der Waals surface area contributed by atoms with Crippen LogP contribution in [0.2, 0.25) is 5.02 Å². The van der Waals surface area contributed by atoms with Gasteiger partial charge in [0.1, 0.15) is 10.6 Å². The van der Waals surface area contributed by atoms with Crippen LogP contribution in [-0.4, -0.2) is 21.0 Å². The Morgan fingerprint density at radius 1 is 1.35 bits per heavy atom. The van der Waals surface area contributed by atoms with Gasteiger partial charge in [0.2, 0.25) is 0 Å². The van der Waals surface area contributed by atoms with E-state index >= 15 is 0 Å². The molecule has 3 aromatic rings. The van der Waals surface area contributed by atoms with Crippen LogP contribution in [0.4, 0.5) is 5.88 Å². The Labute approximate surface area is 135 Å². The molecule has 0 unspecified atom stereocenters. The molecule has 116 valence electrons. The van der Waals surface area contributed by atoms with Crippen molar-refractivity contribution in [3.05, 3.63) is 62.8 Å². The van der Waals surface area contributed by atoms with E-state index in [2.05, 4.69) is 5.10 Å². The number of carbonyl (C=O) groups is 1. The van der Waals surface area contributed by atoms with Crippen molar-refractivity contribution in [2.45, 2.75) is 6.92 Å². The normalized spacial score (nSPS) is 10.7. The zero-order valence-corrected chi connectivity index (χ0v) is 12.6. The average Bonchev–Trinajstić information content (AvgIpc) is 3.15. The number of hydrogen-bond donors (Lipinski definition) is 0. The molecule has 8 heteroatoms. The topological polar surface area (TPSA) is 91.2 Å². The van der Waals surface area contributed by atoms with E-state index in [0.717, 1.165) is 5.56 Å². The van der Waals surface area contributed by atoms with Crippen LogP contribution in [0.3, 0.4) is 0 Å². The minimum atomic E-state index is -0.652. The Balaban J connectivity index is 2.08. The van der Waals surface area contributed by atoms with Crippen molar-refractivity contribution in [1.29, 1.82) is 0 Å². The van der Waals surface area contributed by atoms with Gasteiger partial charge in [-0.15, -0.1) is 0 Å². The molecule has 1 aromatic carbocycles. The fourth-order valence-corrected chi connectivity index (χ4v) is 2.25. The molecule has 2 aromatic heterocycles. The van der Waals surface area contributed by atoms with Crippen LogP contribution in [-0.2, 0) is 0 Å². The molecular formula is C15H10ClN3O4. The van der Waals surface area contributed by atoms with Crippen molar-refractivity contribution in [3.8, 4) is 17.1 Å². The van der Waals surface area contributed by atoms with E-state index < -0.39 is 10.8 Å². The molecule has 0 saturated carbocycles. The largest absolute Gasteiger partial charge is 0.433 e. The SMILES string of the molecule is Cc1ccc(-n2cc(C=O)c(-c3ccc([N+](=O)[O-])o3)n2)cc1Cl. The highest BCUT2D eigenvalue weighted by atomic mass is 35.5. The molecule has 0 bridgehead atoms. The van der Waals surface area contributed by atoms with Gasteiger partial charge in [-0.3, -0.25) is 14.9 Å². The molecule has 0 amide bonds. The molecule has 0 aliphatic rings. The summed E-state index contributed by atoms with van der Waals surface area (Å²) in [4.78, 5) is 21.3. The number of nitrogens with zero attached hydrogens (tertiary/aromatic N) is 3. The maximum atomic E-state index is 11.3. The third kappa shape index (κ3) is 2.74. The van der Waals surface area contributed by atoms with Crippen LogP contribution in [0.5, 0.6) is 0 Å². The van der Waals surface area contributed by atoms with Gasteiger partial charge in [-0.2, -0.15) is 5.10 Å². The summed E-state index contributed by atoms with van der Waals surface area (Å²) in [5.74, 6) is -0.263. The van der Waals surface area contributed by atoms with Crippen LogP contribution >= 0.6 is 11.6 Å². The van der Waals surface area contributed by atoms with Crippen LogP contribution < -0.4 is 0 Å². The van der Waals surface area contributed by atoms with Crippen LogP contribution in [0, 0.1) is 17.0 Å². The number of aryl methyl sites for hydroxylation is 1. The molecule has 7 nitrogen and oxygen atoms in total. The molecule has 3 rings (SSSR count). The minimum absolute atomic E-state index is 0.149. The second-order valence-electron chi connectivity index (χ2n) is 4.82. The van der Waals surface area contributed by atoms with Gasteiger partial charge in [-0.1, -0.05) is 17.7 Å². The van der Waals surface area contributed by atoms with Crippen molar-refractivity contribution in [1.82, 2.24) is 9.78 Å². The van der Waals surface area contributed by atoms with Gasteiger partial charge in [0.05, 0.1) is 17.3 Å². The first-order chi connectivity index (χ1) is 11.0. The van der Waals surface area contributed by atoms with Crippen LogP contribution in [0.1, 0.15) is 15.9 Å². The number of hydrogen-bond acceptors (Lipinski definition) is 5. The fourth-order valence-electron chi connectivity index (χ4n) is 2.07. The third-order valence-corrected chi connectivity index (χ3v) is 3.70. The van der Waals surface area contributed by atoms with Crippen molar-refractivity contribution >= 4 is 23.8 Å². The van der Waals surface area contributed by atoms with E-state index in [1.54, 1.807) is 12.1 Å². The highest BCUT2D eigenvalue weighted by Crippen LogP contribution is 2.28. The number of aldehydes is 1. The highest BCUT2D eigenvalue weighted by molar-refractivity contribution is 6.31. The quantitative estimate of drug-likeness (QED) is 0.412. The monoisotopic (exact) mass is 331 g/mol. The van der Waals surface area contributed by atoms with E-state index in [-0.39, 0.29) is 17.0 Å². The molecule has 0 spiro atoms. The number of carbonyl (C=O) groups excluding carboxylic acids is 1.